The van der Waals surface area contributed by atoms with Gasteiger partial charge in [0.1, 0.15) is 0 Å². The highest BCUT2D eigenvalue weighted by Crippen LogP contribution is 2.16. The number of rotatable bonds is 5. The Morgan fingerprint density at radius 1 is 1.04 bits per heavy atom. The summed E-state index contributed by atoms with van der Waals surface area (Å²) >= 11 is 5.79. The largest absolute Gasteiger partial charge is 0.421 e. The number of nitrogens with zero attached hydrogens (tertiary/aromatic N) is 2. The third-order valence-corrected chi connectivity index (χ3v) is 3.47. The minimum absolute atomic E-state index is 0.163. The van der Waals surface area contributed by atoms with Crippen molar-refractivity contribution in [3.05, 3.63) is 71.1 Å². The Bertz CT molecular complexity index is 785. The zero-order valence-electron chi connectivity index (χ0n) is 12.2. The molecule has 6 heteroatoms. The number of amides is 1. The van der Waals surface area contributed by atoms with E-state index in [2.05, 4.69) is 15.5 Å². The fourth-order valence-corrected chi connectivity index (χ4v) is 2.16. The second-order valence-corrected chi connectivity index (χ2v) is 5.32. The molecule has 0 saturated heterocycles. The van der Waals surface area contributed by atoms with Gasteiger partial charge in [-0.25, -0.2) is 0 Å². The van der Waals surface area contributed by atoms with Gasteiger partial charge in [-0.2, -0.15) is 0 Å². The van der Waals surface area contributed by atoms with Crippen LogP contribution in [0.3, 0.4) is 0 Å². The lowest BCUT2D eigenvalue weighted by Gasteiger charge is -2.03. The Hall–Kier alpha value is -2.66. The number of hydrogen-bond acceptors (Lipinski definition) is 4. The first-order chi connectivity index (χ1) is 11.2. The minimum Gasteiger partial charge on any atom is -0.421 e. The molecule has 0 aliphatic carbocycles. The summed E-state index contributed by atoms with van der Waals surface area (Å²) in [4.78, 5) is 12.0. The van der Waals surface area contributed by atoms with Crippen LogP contribution in [0.15, 0.2) is 59.0 Å². The van der Waals surface area contributed by atoms with Gasteiger partial charge in [0.2, 0.25) is 11.8 Å². The van der Waals surface area contributed by atoms with Crippen molar-refractivity contribution in [2.24, 2.45) is 0 Å². The van der Waals surface area contributed by atoms with Gasteiger partial charge in [-0.15, -0.1) is 10.2 Å². The number of benzene rings is 2. The number of halogens is 1. The van der Waals surface area contributed by atoms with Crippen molar-refractivity contribution < 1.29 is 9.21 Å². The third kappa shape index (κ3) is 3.96. The molecule has 0 fully saturated rings. The molecule has 23 heavy (non-hydrogen) atoms. The van der Waals surface area contributed by atoms with Crippen LogP contribution in [0.1, 0.15) is 16.2 Å². The van der Waals surface area contributed by atoms with E-state index in [0.29, 0.717) is 35.3 Å². The fourth-order valence-electron chi connectivity index (χ4n) is 2.04. The van der Waals surface area contributed by atoms with Gasteiger partial charge < -0.3 is 9.73 Å². The molecular weight excluding hydrogens is 314 g/mol. The molecule has 0 atom stereocenters. The van der Waals surface area contributed by atoms with Gasteiger partial charge in [0.05, 0.1) is 0 Å². The highest BCUT2D eigenvalue weighted by molar-refractivity contribution is 6.30. The van der Waals surface area contributed by atoms with E-state index in [-0.39, 0.29) is 5.91 Å². The van der Waals surface area contributed by atoms with Crippen molar-refractivity contribution in [2.75, 3.05) is 6.54 Å². The molecule has 1 N–H and O–H groups in total. The molecule has 5 nitrogen and oxygen atoms in total. The Labute approximate surface area is 138 Å². The highest BCUT2D eigenvalue weighted by Gasteiger charge is 2.09. The van der Waals surface area contributed by atoms with Crippen LogP contribution in [0, 0.1) is 0 Å². The van der Waals surface area contributed by atoms with Gasteiger partial charge in [-0.05, 0) is 36.4 Å². The molecule has 0 radical (unpaired) electrons. The molecule has 0 spiro atoms. The van der Waals surface area contributed by atoms with Crippen molar-refractivity contribution >= 4 is 17.5 Å². The van der Waals surface area contributed by atoms with E-state index in [1.807, 2.05) is 30.3 Å². The van der Waals surface area contributed by atoms with Gasteiger partial charge in [-0.3, -0.25) is 4.79 Å². The number of aromatic nitrogens is 2. The predicted molar refractivity (Wildman–Crippen MR) is 87.2 cm³/mol. The maximum absolute atomic E-state index is 12.0. The normalized spacial score (nSPS) is 10.5. The third-order valence-electron chi connectivity index (χ3n) is 3.22. The molecule has 0 bridgehead atoms. The van der Waals surface area contributed by atoms with Crippen LogP contribution < -0.4 is 5.32 Å². The van der Waals surface area contributed by atoms with Gasteiger partial charge >= 0.3 is 0 Å². The zero-order chi connectivity index (χ0) is 16.1. The first-order valence-corrected chi connectivity index (χ1v) is 7.52. The topological polar surface area (TPSA) is 68.0 Å². The fraction of sp³-hybridized carbons (Fsp3) is 0.118. The van der Waals surface area contributed by atoms with E-state index in [1.54, 1.807) is 24.3 Å². The Kier molecular flexibility index (Phi) is 4.68. The van der Waals surface area contributed by atoms with Crippen molar-refractivity contribution in [2.45, 2.75) is 6.42 Å². The van der Waals surface area contributed by atoms with Crippen molar-refractivity contribution in [3.63, 3.8) is 0 Å². The smallest absolute Gasteiger partial charge is 0.251 e. The Morgan fingerprint density at radius 2 is 1.78 bits per heavy atom. The molecule has 1 heterocycles. The molecule has 1 aromatic heterocycles. The molecule has 3 rings (SSSR count). The standard InChI is InChI=1S/C17H14ClN3O2/c18-14-8-6-12(7-9-14)16(22)19-11-10-15-20-21-17(23-15)13-4-2-1-3-5-13/h1-9H,10-11H2,(H,19,22). The number of nitrogens with one attached hydrogen (secondary N) is 1. The quantitative estimate of drug-likeness (QED) is 0.780. The van der Waals surface area contributed by atoms with Crippen molar-refractivity contribution in [3.8, 4) is 11.5 Å². The summed E-state index contributed by atoms with van der Waals surface area (Å²) in [6, 6.07) is 16.3. The highest BCUT2D eigenvalue weighted by atomic mass is 35.5. The molecule has 1 amide bonds. The van der Waals surface area contributed by atoms with Crippen LogP contribution in [-0.4, -0.2) is 22.6 Å². The van der Waals surface area contributed by atoms with E-state index in [1.165, 1.54) is 0 Å². The lowest BCUT2D eigenvalue weighted by Crippen LogP contribution is -2.25. The number of carbonyl (C=O) groups is 1. The Balaban J connectivity index is 1.54. The molecule has 0 unspecified atom stereocenters. The molecule has 0 aliphatic rings. The molecular formula is C17H14ClN3O2. The SMILES string of the molecule is O=C(NCCc1nnc(-c2ccccc2)o1)c1ccc(Cl)cc1. The second kappa shape index (κ2) is 7.07. The van der Waals surface area contributed by atoms with E-state index in [0.717, 1.165) is 5.56 Å². The van der Waals surface area contributed by atoms with Crippen LogP contribution >= 0.6 is 11.6 Å². The average molecular weight is 328 g/mol. The van der Waals surface area contributed by atoms with Crippen LogP contribution in [0.2, 0.25) is 5.02 Å². The van der Waals surface area contributed by atoms with Crippen molar-refractivity contribution in [1.29, 1.82) is 0 Å². The lowest BCUT2D eigenvalue weighted by atomic mass is 10.2. The molecule has 0 aliphatic heterocycles. The molecule has 116 valence electrons. The maximum Gasteiger partial charge on any atom is 0.251 e. The first kappa shape index (κ1) is 15.2. The van der Waals surface area contributed by atoms with Crippen molar-refractivity contribution in [1.82, 2.24) is 15.5 Å². The lowest BCUT2D eigenvalue weighted by molar-refractivity contribution is 0.0953. The first-order valence-electron chi connectivity index (χ1n) is 7.14. The zero-order valence-corrected chi connectivity index (χ0v) is 13.0. The summed E-state index contributed by atoms with van der Waals surface area (Å²) < 4.78 is 5.58. The second-order valence-electron chi connectivity index (χ2n) is 4.88. The van der Waals surface area contributed by atoms with Gasteiger partial charge in [-0.1, -0.05) is 29.8 Å². The molecule has 3 aromatic rings. The summed E-state index contributed by atoms with van der Waals surface area (Å²) in [6.07, 6.45) is 0.471. The van der Waals surface area contributed by atoms with E-state index >= 15 is 0 Å². The summed E-state index contributed by atoms with van der Waals surface area (Å²) in [5.41, 5.74) is 1.43. The summed E-state index contributed by atoms with van der Waals surface area (Å²) in [5.74, 6) is 0.800. The maximum atomic E-state index is 12.0. The predicted octanol–water partition coefficient (Wildman–Crippen LogP) is 3.36. The van der Waals surface area contributed by atoms with Crippen LogP contribution in [0.25, 0.3) is 11.5 Å². The summed E-state index contributed by atoms with van der Waals surface area (Å²) in [7, 11) is 0. The van der Waals surface area contributed by atoms with Gasteiger partial charge in [0.25, 0.3) is 5.91 Å². The van der Waals surface area contributed by atoms with E-state index < -0.39 is 0 Å². The summed E-state index contributed by atoms with van der Waals surface area (Å²) in [5, 5.41) is 11.4. The Morgan fingerprint density at radius 3 is 2.52 bits per heavy atom. The summed E-state index contributed by atoms with van der Waals surface area (Å²) in [6.45, 7) is 0.415. The van der Waals surface area contributed by atoms with Gasteiger partial charge in [0, 0.05) is 29.1 Å². The van der Waals surface area contributed by atoms with Crippen LogP contribution in [0.4, 0.5) is 0 Å². The van der Waals surface area contributed by atoms with E-state index in [4.69, 9.17) is 16.0 Å². The minimum atomic E-state index is -0.163. The average Bonchev–Trinajstić information content (AvgIpc) is 3.05. The number of carbonyl (C=O) groups excluding carboxylic acids is 1. The monoisotopic (exact) mass is 327 g/mol. The van der Waals surface area contributed by atoms with Crippen LogP contribution in [-0.2, 0) is 6.42 Å². The molecule has 0 saturated carbocycles. The van der Waals surface area contributed by atoms with E-state index in [9.17, 15) is 4.79 Å². The van der Waals surface area contributed by atoms with Gasteiger partial charge in [0.15, 0.2) is 0 Å². The van der Waals surface area contributed by atoms with Crippen LogP contribution in [0.5, 0.6) is 0 Å². The number of hydrogen-bond donors (Lipinski definition) is 1. The molecule has 2 aromatic carbocycles.